The number of ether oxygens (including phenoxy) is 1. The molecule has 1 N–H and O–H groups in total. The second-order valence-electron chi connectivity index (χ2n) is 9.65. The smallest absolute Gasteiger partial charge is 0.264 e. The maximum atomic E-state index is 14.0. The first kappa shape index (κ1) is 31.0. The second-order valence-corrected chi connectivity index (χ2v) is 11.9. The Morgan fingerprint density at radius 1 is 1.00 bits per heavy atom. The van der Waals surface area contributed by atoms with Gasteiger partial charge in [0.15, 0.2) is 0 Å². The van der Waals surface area contributed by atoms with Gasteiger partial charge < -0.3 is 15.0 Å². The summed E-state index contributed by atoms with van der Waals surface area (Å²) in [6.07, 6.45) is 0.719. The van der Waals surface area contributed by atoms with Gasteiger partial charge in [-0.1, -0.05) is 54.9 Å². The minimum atomic E-state index is -4.20. The monoisotopic (exact) mass is 585 g/mol. The number of hydrogen-bond acceptors (Lipinski definition) is 5. The molecule has 3 aromatic carbocycles. The minimum Gasteiger partial charge on any atom is -0.495 e. The number of rotatable bonds is 12. The quantitative estimate of drug-likeness (QED) is 0.316. The van der Waals surface area contributed by atoms with Crippen LogP contribution in [0.1, 0.15) is 38.3 Å². The molecule has 3 aromatic rings. The SMILES string of the molecule is CC[C@H](C)NC(=O)[C@@H](C)N(Cc1cccc(Cl)c1)C(=O)CN(c1cc(C)ccc1OC)S(=O)(=O)c1ccccc1. The van der Waals surface area contributed by atoms with Crippen molar-refractivity contribution < 1.29 is 22.7 Å². The third-order valence-corrected chi connectivity index (χ3v) is 8.63. The largest absolute Gasteiger partial charge is 0.495 e. The molecule has 10 heteroatoms. The van der Waals surface area contributed by atoms with Crippen molar-refractivity contribution in [1.29, 1.82) is 0 Å². The molecule has 0 spiro atoms. The highest BCUT2D eigenvalue weighted by atomic mass is 35.5. The second kappa shape index (κ2) is 13.7. The van der Waals surface area contributed by atoms with Crippen LogP contribution in [-0.2, 0) is 26.2 Å². The number of hydrogen-bond donors (Lipinski definition) is 1. The lowest BCUT2D eigenvalue weighted by Crippen LogP contribution is -2.52. The highest BCUT2D eigenvalue weighted by molar-refractivity contribution is 7.92. The highest BCUT2D eigenvalue weighted by Crippen LogP contribution is 2.33. The van der Waals surface area contributed by atoms with Gasteiger partial charge in [-0.05, 0) is 74.7 Å². The Kier molecular flexibility index (Phi) is 10.6. The lowest BCUT2D eigenvalue weighted by Gasteiger charge is -2.33. The Hall–Kier alpha value is -3.56. The molecule has 2 amide bonds. The van der Waals surface area contributed by atoms with Crippen LogP contribution in [-0.4, -0.2) is 50.9 Å². The Labute approximate surface area is 241 Å². The van der Waals surface area contributed by atoms with Gasteiger partial charge in [-0.25, -0.2) is 8.42 Å². The molecule has 0 aliphatic heterocycles. The van der Waals surface area contributed by atoms with Gasteiger partial charge in [0.2, 0.25) is 11.8 Å². The number of nitrogens with zero attached hydrogens (tertiary/aromatic N) is 2. The van der Waals surface area contributed by atoms with Crippen LogP contribution < -0.4 is 14.4 Å². The standard InChI is InChI=1S/C30H36ClN3O5S/c1-6-22(3)32-30(36)23(4)33(19-24-11-10-12-25(31)18-24)29(35)20-34(27-17-21(2)15-16-28(27)39-5)40(37,38)26-13-8-7-9-14-26/h7-18,22-23H,6,19-20H2,1-5H3,(H,32,36)/t22-,23+/m0/s1. The molecule has 0 aliphatic rings. The van der Waals surface area contributed by atoms with E-state index in [1.165, 1.54) is 24.1 Å². The number of aryl methyl sites for hydroxylation is 1. The predicted octanol–water partition coefficient (Wildman–Crippen LogP) is 5.18. The number of nitrogens with one attached hydrogen (secondary N) is 1. The fourth-order valence-corrected chi connectivity index (χ4v) is 5.76. The van der Waals surface area contributed by atoms with E-state index < -0.39 is 28.5 Å². The zero-order valence-electron chi connectivity index (χ0n) is 23.4. The van der Waals surface area contributed by atoms with Gasteiger partial charge in [0, 0.05) is 17.6 Å². The number of amides is 2. The van der Waals surface area contributed by atoms with E-state index >= 15 is 0 Å². The Morgan fingerprint density at radius 3 is 2.33 bits per heavy atom. The summed E-state index contributed by atoms with van der Waals surface area (Å²) in [7, 11) is -2.76. The van der Waals surface area contributed by atoms with E-state index in [4.69, 9.17) is 16.3 Å². The number of carbonyl (C=O) groups excluding carboxylic acids is 2. The molecule has 0 aliphatic carbocycles. The summed E-state index contributed by atoms with van der Waals surface area (Å²) in [6, 6.07) is 19.0. The molecule has 0 heterocycles. The summed E-state index contributed by atoms with van der Waals surface area (Å²) >= 11 is 6.19. The average Bonchev–Trinajstić information content (AvgIpc) is 2.94. The molecule has 0 radical (unpaired) electrons. The average molecular weight is 586 g/mol. The maximum absolute atomic E-state index is 14.0. The van der Waals surface area contributed by atoms with Crippen molar-refractivity contribution >= 4 is 39.1 Å². The van der Waals surface area contributed by atoms with Crippen LogP contribution in [0.3, 0.4) is 0 Å². The van der Waals surface area contributed by atoms with Crippen LogP contribution in [0, 0.1) is 6.92 Å². The third-order valence-electron chi connectivity index (χ3n) is 6.62. The predicted molar refractivity (Wildman–Crippen MR) is 158 cm³/mol. The van der Waals surface area contributed by atoms with Crippen molar-refractivity contribution in [2.75, 3.05) is 18.0 Å². The molecule has 40 heavy (non-hydrogen) atoms. The molecule has 2 atom stereocenters. The molecule has 0 fully saturated rings. The first-order valence-electron chi connectivity index (χ1n) is 13.0. The van der Waals surface area contributed by atoms with Crippen LogP contribution in [0.25, 0.3) is 0 Å². The molecule has 3 rings (SSSR count). The van der Waals surface area contributed by atoms with E-state index in [9.17, 15) is 18.0 Å². The van der Waals surface area contributed by atoms with Gasteiger partial charge in [-0.3, -0.25) is 13.9 Å². The third kappa shape index (κ3) is 7.55. The molecule has 214 valence electrons. The van der Waals surface area contributed by atoms with Crippen LogP contribution >= 0.6 is 11.6 Å². The van der Waals surface area contributed by atoms with Gasteiger partial charge in [-0.2, -0.15) is 0 Å². The zero-order valence-corrected chi connectivity index (χ0v) is 25.0. The molecule has 0 bridgehead atoms. The van der Waals surface area contributed by atoms with Gasteiger partial charge in [0.1, 0.15) is 18.3 Å². The van der Waals surface area contributed by atoms with Crippen molar-refractivity contribution in [2.45, 2.75) is 57.6 Å². The van der Waals surface area contributed by atoms with Crippen LogP contribution in [0.5, 0.6) is 5.75 Å². The summed E-state index contributed by atoms with van der Waals surface area (Å²) < 4.78 is 34.5. The number of sulfonamides is 1. The van der Waals surface area contributed by atoms with Crippen LogP contribution in [0.15, 0.2) is 77.7 Å². The highest BCUT2D eigenvalue weighted by Gasteiger charge is 2.34. The zero-order chi connectivity index (χ0) is 29.4. The van der Waals surface area contributed by atoms with Gasteiger partial charge >= 0.3 is 0 Å². The normalized spacial score (nSPS) is 12.8. The Balaban J connectivity index is 2.08. The molecular weight excluding hydrogens is 550 g/mol. The van der Waals surface area contributed by atoms with Gasteiger partial charge in [0.05, 0.1) is 17.7 Å². The van der Waals surface area contributed by atoms with E-state index in [1.807, 2.05) is 20.8 Å². The summed E-state index contributed by atoms with van der Waals surface area (Å²) in [6.45, 7) is 6.78. The van der Waals surface area contributed by atoms with Crippen LogP contribution in [0.4, 0.5) is 5.69 Å². The van der Waals surface area contributed by atoms with Crippen LogP contribution in [0.2, 0.25) is 5.02 Å². The number of benzene rings is 3. The minimum absolute atomic E-state index is 0.0234. The lowest BCUT2D eigenvalue weighted by atomic mass is 10.1. The Morgan fingerprint density at radius 2 is 1.70 bits per heavy atom. The van der Waals surface area contributed by atoms with Crippen molar-refractivity contribution in [2.24, 2.45) is 0 Å². The summed E-state index contributed by atoms with van der Waals surface area (Å²) in [5.74, 6) is -0.605. The number of anilines is 1. The Bertz CT molecular complexity index is 1430. The van der Waals surface area contributed by atoms with Crippen molar-refractivity contribution in [3.63, 3.8) is 0 Å². The number of halogens is 1. The first-order chi connectivity index (χ1) is 19.0. The van der Waals surface area contributed by atoms with E-state index in [0.29, 0.717) is 16.3 Å². The van der Waals surface area contributed by atoms with Crippen molar-refractivity contribution in [3.05, 3.63) is 88.9 Å². The molecule has 8 nitrogen and oxygen atoms in total. The fraction of sp³-hybridized carbons (Fsp3) is 0.333. The van der Waals surface area contributed by atoms with E-state index in [1.54, 1.807) is 67.6 Å². The fourth-order valence-electron chi connectivity index (χ4n) is 4.11. The number of methoxy groups -OCH3 is 1. The van der Waals surface area contributed by atoms with Crippen molar-refractivity contribution in [1.82, 2.24) is 10.2 Å². The summed E-state index contributed by atoms with van der Waals surface area (Å²) in [5.41, 5.74) is 1.71. The lowest BCUT2D eigenvalue weighted by molar-refractivity contribution is -0.139. The molecule has 0 unspecified atom stereocenters. The summed E-state index contributed by atoms with van der Waals surface area (Å²) in [4.78, 5) is 28.6. The summed E-state index contributed by atoms with van der Waals surface area (Å²) in [5, 5.41) is 3.40. The maximum Gasteiger partial charge on any atom is 0.264 e. The molecule has 0 saturated heterocycles. The van der Waals surface area contributed by atoms with Crippen molar-refractivity contribution in [3.8, 4) is 5.75 Å². The topological polar surface area (TPSA) is 96.0 Å². The molecule has 0 saturated carbocycles. The van der Waals surface area contributed by atoms with Gasteiger partial charge in [-0.15, -0.1) is 0 Å². The van der Waals surface area contributed by atoms with Gasteiger partial charge in [0.25, 0.3) is 10.0 Å². The molecular formula is C30H36ClN3O5S. The first-order valence-corrected chi connectivity index (χ1v) is 14.9. The molecule has 0 aromatic heterocycles. The number of carbonyl (C=O) groups is 2. The van der Waals surface area contributed by atoms with E-state index in [2.05, 4.69) is 5.32 Å². The van der Waals surface area contributed by atoms with E-state index in [0.717, 1.165) is 16.3 Å². The van der Waals surface area contributed by atoms with E-state index in [-0.39, 0.29) is 29.1 Å².